The molecule has 186 valence electrons. The molecule has 2 aromatic rings. The number of fused-ring (bicyclic) bond motifs is 3. The lowest BCUT2D eigenvalue weighted by atomic mass is 9.98. The summed E-state index contributed by atoms with van der Waals surface area (Å²) in [7, 11) is 3.33. The van der Waals surface area contributed by atoms with Crippen LogP contribution in [0.5, 0.6) is 0 Å². The smallest absolute Gasteiger partial charge is 0.407 e. The van der Waals surface area contributed by atoms with Crippen molar-refractivity contribution in [2.75, 3.05) is 40.3 Å². The Balaban J connectivity index is 1.44. The fourth-order valence-corrected chi connectivity index (χ4v) is 4.76. The van der Waals surface area contributed by atoms with E-state index in [-0.39, 0.29) is 19.1 Å². The van der Waals surface area contributed by atoms with Crippen molar-refractivity contribution in [1.82, 2.24) is 15.1 Å². The van der Waals surface area contributed by atoms with Crippen molar-refractivity contribution in [2.45, 2.75) is 17.9 Å². The number of alkyl halides is 2. The summed E-state index contributed by atoms with van der Waals surface area (Å²) in [6.07, 6.45) is -0.854. The Morgan fingerprint density at radius 1 is 1.11 bits per heavy atom. The molecule has 0 spiro atoms. The first-order valence-corrected chi connectivity index (χ1v) is 11.2. The average molecular weight is 488 g/mol. The largest absolute Gasteiger partial charge is 0.481 e. The van der Waals surface area contributed by atoms with E-state index in [0.29, 0.717) is 0 Å². The van der Waals surface area contributed by atoms with E-state index in [1.807, 2.05) is 48.5 Å². The number of carboxylic acids is 1. The van der Waals surface area contributed by atoms with E-state index < -0.39 is 48.9 Å². The molecule has 4 rings (SSSR count). The minimum Gasteiger partial charge on any atom is -0.481 e. The summed E-state index contributed by atoms with van der Waals surface area (Å²) >= 11 is 0. The molecule has 0 radical (unpaired) electrons. The van der Waals surface area contributed by atoms with E-state index in [2.05, 4.69) is 5.32 Å². The molecular weight excluding hydrogens is 460 g/mol. The van der Waals surface area contributed by atoms with Gasteiger partial charge >= 0.3 is 12.1 Å². The first-order valence-electron chi connectivity index (χ1n) is 11.2. The Hall–Kier alpha value is -3.53. The summed E-state index contributed by atoms with van der Waals surface area (Å²) in [4.78, 5) is 39.2. The Labute approximate surface area is 201 Å². The lowest BCUT2D eigenvalue weighted by Crippen LogP contribution is -2.53. The summed E-state index contributed by atoms with van der Waals surface area (Å²) in [6.45, 7) is -1.58. The number of likely N-dealkylation sites (tertiary alicyclic amines) is 1. The standard InChI is InChI=1S/C25H27F2N3O5/c1-29(2)12-21(22(31)30-11-20(23(32)33)25(26,27)14-30)28-24(34)35-13-19-17-9-5-3-7-15(17)16-8-4-6-10-18(16)19/h3-10,19-21H,11-14H2,1-2H3,(H,28,34)(H,32,33). The number of rotatable bonds is 7. The van der Waals surface area contributed by atoms with Gasteiger partial charge in [0, 0.05) is 19.0 Å². The van der Waals surface area contributed by atoms with Gasteiger partial charge in [-0.25, -0.2) is 13.6 Å². The van der Waals surface area contributed by atoms with Crippen LogP contribution in [0.1, 0.15) is 17.0 Å². The zero-order valence-corrected chi connectivity index (χ0v) is 19.4. The van der Waals surface area contributed by atoms with E-state index in [9.17, 15) is 23.2 Å². The number of carboxylic acid groups (broad SMARTS) is 1. The zero-order chi connectivity index (χ0) is 25.3. The predicted octanol–water partition coefficient (Wildman–Crippen LogP) is 2.63. The first-order chi connectivity index (χ1) is 16.6. The molecule has 2 atom stereocenters. The molecule has 0 saturated carbocycles. The molecule has 0 bridgehead atoms. The molecule has 35 heavy (non-hydrogen) atoms. The number of carbonyl (C=O) groups is 3. The van der Waals surface area contributed by atoms with E-state index in [0.717, 1.165) is 27.2 Å². The number of nitrogens with one attached hydrogen (secondary N) is 1. The second-order valence-electron chi connectivity index (χ2n) is 9.16. The molecular formula is C25H27F2N3O5. The Kier molecular flexibility index (Phi) is 6.75. The summed E-state index contributed by atoms with van der Waals surface area (Å²) in [6, 6.07) is 14.5. The number of ether oxygens (including phenoxy) is 1. The van der Waals surface area contributed by atoms with Gasteiger partial charge in [-0.1, -0.05) is 48.5 Å². The number of likely N-dealkylation sites (N-methyl/N-ethyl adjacent to an activating group) is 1. The van der Waals surface area contributed by atoms with E-state index >= 15 is 0 Å². The Morgan fingerprint density at radius 3 is 2.20 bits per heavy atom. The second kappa shape index (κ2) is 9.61. The number of halogens is 2. The number of benzene rings is 2. The van der Waals surface area contributed by atoms with Gasteiger partial charge in [0.25, 0.3) is 5.92 Å². The van der Waals surface area contributed by atoms with Crippen LogP contribution in [0.2, 0.25) is 0 Å². The van der Waals surface area contributed by atoms with Crippen LogP contribution < -0.4 is 5.32 Å². The quantitative estimate of drug-likeness (QED) is 0.623. The van der Waals surface area contributed by atoms with Gasteiger partial charge in [-0.3, -0.25) is 9.59 Å². The topological polar surface area (TPSA) is 99.2 Å². The van der Waals surface area contributed by atoms with E-state index in [4.69, 9.17) is 9.84 Å². The van der Waals surface area contributed by atoms with Crippen molar-refractivity contribution in [3.05, 3.63) is 59.7 Å². The van der Waals surface area contributed by atoms with Gasteiger partial charge < -0.3 is 25.0 Å². The van der Waals surface area contributed by atoms with Crippen LogP contribution in [-0.2, 0) is 14.3 Å². The van der Waals surface area contributed by atoms with Crippen LogP contribution in [0.3, 0.4) is 0 Å². The van der Waals surface area contributed by atoms with Gasteiger partial charge in [0.05, 0.1) is 6.54 Å². The maximum Gasteiger partial charge on any atom is 0.407 e. The molecule has 1 heterocycles. The van der Waals surface area contributed by atoms with Gasteiger partial charge in [0.1, 0.15) is 18.6 Å². The number of hydrogen-bond donors (Lipinski definition) is 2. The summed E-state index contributed by atoms with van der Waals surface area (Å²) in [5, 5.41) is 11.6. The molecule has 2 aliphatic rings. The fourth-order valence-electron chi connectivity index (χ4n) is 4.76. The summed E-state index contributed by atoms with van der Waals surface area (Å²) < 4.78 is 33.7. The third-order valence-electron chi connectivity index (χ3n) is 6.41. The molecule has 2 amide bonds. The molecule has 1 fully saturated rings. The monoisotopic (exact) mass is 487 g/mol. The van der Waals surface area contributed by atoms with Crippen molar-refractivity contribution in [1.29, 1.82) is 0 Å². The summed E-state index contributed by atoms with van der Waals surface area (Å²) in [5.74, 6) is -8.16. The minimum atomic E-state index is -3.55. The zero-order valence-electron chi connectivity index (χ0n) is 19.4. The lowest BCUT2D eigenvalue weighted by molar-refractivity contribution is -0.151. The van der Waals surface area contributed by atoms with Gasteiger partial charge in [0.2, 0.25) is 5.91 Å². The molecule has 2 N–H and O–H groups in total. The van der Waals surface area contributed by atoms with Crippen LogP contribution in [0.25, 0.3) is 11.1 Å². The van der Waals surface area contributed by atoms with E-state index in [1.165, 1.54) is 0 Å². The number of alkyl carbamates (subject to hydrolysis) is 1. The van der Waals surface area contributed by atoms with Crippen LogP contribution in [0, 0.1) is 5.92 Å². The third kappa shape index (κ3) is 4.97. The number of aliphatic carboxylic acids is 1. The highest BCUT2D eigenvalue weighted by Crippen LogP contribution is 2.44. The highest BCUT2D eigenvalue weighted by atomic mass is 19.3. The van der Waals surface area contributed by atoms with Crippen molar-refractivity contribution in [3.8, 4) is 11.1 Å². The fraction of sp³-hybridized carbons (Fsp3) is 0.400. The number of nitrogens with zero attached hydrogens (tertiary/aromatic N) is 2. The van der Waals surface area contributed by atoms with Crippen molar-refractivity contribution >= 4 is 18.0 Å². The maximum atomic E-state index is 14.1. The molecule has 1 aliphatic carbocycles. The molecule has 8 nitrogen and oxygen atoms in total. The van der Waals surface area contributed by atoms with Crippen LogP contribution in [0.4, 0.5) is 13.6 Å². The minimum absolute atomic E-state index is 0.0306. The van der Waals surface area contributed by atoms with Gasteiger partial charge in [-0.15, -0.1) is 0 Å². The first kappa shape index (κ1) is 24.6. The third-order valence-corrected chi connectivity index (χ3v) is 6.41. The molecule has 1 aliphatic heterocycles. The number of hydrogen-bond acceptors (Lipinski definition) is 5. The number of amides is 2. The normalized spacial score (nSPS) is 19.2. The highest BCUT2D eigenvalue weighted by Gasteiger charge is 2.54. The van der Waals surface area contributed by atoms with Crippen molar-refractivity contribution < 1.29 is 33.0 Å². The molecule has 1 saturated heterocycles. The average Bonchev–Trinajstić information content (AvgIpc) is 3.30. The van der Waals surface area contributed by atoms with Crippen LogP contribution in [-0.4, -0.2) is 85.2 Å². The Morgan fingerprint density at radius 2 is 1.69 bits per heavy atom. The van der Waals surface area contributed by atoms with Crippen molar-refractivity contribution in [2.24, 2.45) is 5.92 Å². The molecule has 10 heteroatoms. The molecule has 2 unspecified atom stereocenters. The van der Waals surface area contributed by atoms with E-state index in [1.54, 1.807) is 19.0 Å². The van der Waals surface area contributed by atoms with Crippen molar-refractivity contribution in [3.63, 3.8) is 0 Å². The van der Waals surface area contributed by atoms with Gasteiger partial charge in [-0.2, -0.15) is 0 Å². The summed E-state index contributed by atoms with van der Waals surface area (Å²) in [5.41, 5.74) is 4.20. The van der Waals surface area contributed by atoms with Crippen LogP contribution >= 0.6 is 0 Å². The maximum absolute atomic E-state index is 14.1. The Bertz CT molecular complexity index is 1090. The number of carbonyl (C=O) groups excluding carboxylic acids is 2. The molecule has 0 aromatic heterocycles. The van der Waals surface area contributed by atoms with Crippen LogP contribution in [0.15, 0.2) is 48.5 Å². The van der Waals surface area contributed by atoms with Gasteiger partial charge in [0.15, 0.2) is 0 Å². The lowest BCUT2D eigenvalue weighted by Gasteiger charge is -2.26. The predicted molar refractivity (Wildman–Crippen MR) is 123 cm³/mol. The van der Waals surface area contributed by atoms with Gasteiger partial charge in [-0.05, 0) is 36.3 Å². The SMILES string of the molecule is CN(C)CC(NC(=O)OCC1c2ccccc2-c2ccccc21)C(=O)N1CC(C(=O)O)C(F)(F)C1. The molecule has 2 aromatic carbocycles. The second-order valence-corrected chi connectivity index (χ2v) is 9.16. The highest BCUT2D eigenvalue weighted by molar-refractivity contribution is 5.87.